The highest BCUT2D eigenvalue weighted by atomic mass is 14.7. The molecule has 0 amide bonds. The van der Waals surface area contributed by atoms with Crippen LogP contribution in [0.3, 0.4) is 0 Å². The summed E-state index contributed by atoms with van der Waals surface area (Å²) in [5.41, 5.74) is 3.50. The van der Waals surface area contributed by atoms with E-state index in [9.17, 15) is 0 Å². The van der Waals surface area contributed by atoms with E-state index in [0.29, 0.717) is 17.8 Å². The van der Waals surface area contributed by atoms with E-state index in [1.165, 1.54) is 11.4 Å². The lowest BCUT2D eigenvalue weighted by atomic mass is 9.82. The fourth-order valence-electron chi connectivity index (χ4n) is 3.63. The van der Waals surface area contributed by atoms with Crippen LogP contribution in [0.1, 0.15) is 67.9 Å². The van der Waals surface area contributed by atoms with E-state index in [2.05, 4.69) is 65.2 Å². The second-order valence-corrected chi connectivity index (χ2v) is 6.94. The zero-order chi connectivity index (χ0) is 18.2. The van der Waals surface area contributed by atoms with Crippen molar-refractivity contribution in [3.63, 3.8) is 0 Å². The van der Waals surface area contributed by atoms with Gasteiger partial charge < -0.3 is 0 Å². The standard InChI is InChI=1S/C23H27N3/c1-3-19(22-11-5-8-14-25-22)17-20(23-12-6-9-15-26-23)16-18(2)21-10-4-7-13-24-21/h4-15,18-20H,3,16-17H2,1-2H3. The van der Waals surface area contributed by atoms with Gasteiger partial charge in [0.1, 0.15) is 0 Å². The van der Waals surface area contributed by atoms with Crippen LogP contribution >= 0.6 is 0 Å². The fraction of sp³-hybridized carbons (Fsp3) is 0.348. The SMILES string of the molecule is CCC(CC(CC(C)c1ccccn1)c1ccccn1)c1ccccn1. The molecule has 3 aromatic rings. The molecule has 0 N–H and O–H groups in total. The third-order valence-corrected chi connectivity index (χ3v) is 5.10. The second kappa shape index (κ2) is 9.23. The molecule has 0 radical (unpaired) electrons. The minimum atomic E-state index is 0.389. The highest BCUT2D eigenvalue weighted by molar-refractivity contribution is 5.17. The Bertz CT molecular complexity index is 759. The maximum atomic E-state index is 4.67. The Balaban J connectivity index is 1.82. The van der Waals surface area contributed by atoms with Gasteiger partial charge in [0.15, 0.2) is 0 Å². The van der Waals surface area contributed by atoms with Crippen LogP contribution in [0.15, 0.2) is 73.2 Å². The van der Waals surface area contributed by atoms with Gasteiger partial charge in [0.2, 0.25) is 0 Å². The summed E-state index contributed by atoms with van der Waals surface area (Å²) in [6.07, 6.45) is 8.85. The molecule has 3 heterocycles. The smallest absolute Gasteiger partial charge is 0.0434 e. The third kappa shape index (κ3) is 4.75. The molecule has 3 rings (SSSR count). The van der Waals surface area contributed by atoms with Crippen LogP contribution in [0.2, 0.25) is 0 Å². The molecule has 3 nitrogen and oxygen atoms in total. The van der Waals surface area contributed by atoms with Gasteiger partial charge in [-0.15, -0.1) is 0 Å². The van der Waals surface area contributed by atoms with Gasteiger partial charge in [-0.3, -0.25) is 15.0 Å². The van der Waals surface area contributed by atoms with Crippen molar-refractivity contribution in [2.24, 2.45) is 0 Å². The van der Waals surface area contributed by atoms with Crippen molar-refractivity contribution in [1.29, 1.82) is 0 Å². The van der Waals surface area contributed by atoms with Crippen LogP contribution < -0.4 is 0 Å². The van der Waals surface area contributed by atoms with Gasteiger partial charge >= 0.3 is 0 Å². The van der Waals surface area contributed by atoms with E-state index in [4.69, 9.17) is 0 Å². The van der Waals surface area contributed by atoms with Gasteiger partial charge in [-0.2, -0.15) is 0 Å². The number of hydrogen-bond donors (Lipinski definition) is 0. The van der Waals surface area contributed by atoms with Gasteiger partial charge in [-0.25, -0.2) is 0 Å². The molecule has 0 aromatic carbocycles. The molecule has 0 saturated heterocycles. The van der Waals surface area contributed by atoms with Crippen molar-refractivity contribution >= 4 is 0 Å². The van der Waals surface area contributed by atoms with E-state index in [1.54, 1.807) is 0 Å². The summed E-state index contributed by atoms with van der Waals surface area (Å²) in [7, 11) is 0. The molecule has 0 aliphatic rings. The normalized spacial score (nSPS) is 14.5. The molecule has 0 aliphatic carbocycles. The molecule has 3 aromatic heterocycles. The monoisotopic (exact) mass is 345 g/mol. The molecule has 0 fully saturated rings. The highest BCUT2D eigenvalue weighted by Gasteiger charge is 2.23. The number of aromatic nitrogens is 3. The lowest BCUT2D eigenvalue weighted by Gasteiger charge is -2.25. The Kier molecular flexibility index (Phi) is 6.48. The predicted octanol–water partition coefficient (Wildman–Crippen LogP) is 5.73. The van der Waals surface area contributed by atoms with Crippen molar-refractivity contribution in [3.8, 4) is 0 Å². The molecule has 0 spiro atoms. The van der Waals surface area contributed by atoms with Gasteiger partial charge in [-0.05, 0) is 61.6 Å². The zero-order valence-corrected chi connectivity index (χ0v) is 15.6. The first-order valence-corrected chi connectivity index (χ1v) is 9.50. The summed E-state index contributed by atoms with van der Waals surface area (Å²) < 4.78 is 0. The quantitative estimate of drug-likeness (QED) is 0.523. The lowest BCUT2D eigenvalue weighted by molar-refractivity contribution is 0.452. The minimum Gasteiger partial charge on any atom is -0.261 e. The highest BCUT2D eigenvalue weighted by Crippen LogP contribution is 2.36. The van der Waals surface area contributed by atoms with Crippen molar-refractivity contribution in [2.75, 3.05) is 0 Å². The largest absolute Gasteiger partial charge is 0.261 e. The Morgan fingerprint density at radius 2 is 1.15 bits per heavy atom. The summed E-state index contributed by atoms with van der Waals surface area (Å²) in [6, 6.07) is 18.6. The Morgan fingerprint density at radius 1 is 0.654 bits per heavy atom. The van der Waals surface area contributed by atoms with E-state index in [0.717, 1.165) is 25.0 Å². The van der Waals surface area contributed by atoms with Gasteiger partial charge in [0.25, 0.3) is 0 Å². The third-order valence-electron chi connectivity index (χ3n) is 5.10. The molecular formula is C23H27N3. The Hall–Kier alpha value is -2.55. The first kappa shape index (κ1) is 18.2. The van der Waals surface area contributed by atoms with Crippen LogP contribution in [0.4, 0.5) is 0 Å². The van der Waals surface area contributed by atoms with Crippen LogP contribution in [0.25, 0.3) is 0 Å². The van der Waals surface area contributed by atoms with E-state index < -0.39 is 0 Å². The van der Waals surface area contributed by atoms with Crippen LogP contribution in [-0.4, -0.2) is 15.0 Å². The molecule has 0 aliphatic heterocycles. The summed E-state index contributed by atoms with van der Waals surface area (Å²) in [4.78, 5) is 13.8. The second-order valence-electron chi connectivity index (χ2n) is 6.94. The molecular weight excluding hydrogens is 318 g/mol. The number of pyridine rings is 3. The van der Waals surface area contributed by atoms with Crippen LogP contribution in [-0.2, 0) is 0 Å². The first-order chi connectivity index (χ1) is 12.8. The fourth-order valence-corrected chi connectivity index (χ4v) is 3.63. The van der Waals surface area contributed by atoms with Gasteiger partial charge in [0, 0.05) is 47.5 Å². The van der Waals surface area contributed by atoms with Crippen LogP contribution in [0.5, 0.6) is 0 Å². The number of hydrogen-bond acceptors (Lipinski definition) is 3. The van der Waals surface area contributed by atoms with Crippen molar-refractivity contribution in [3.05, 3.63) is 90.3 Å². The van der Waals surface area contributed by atoms with Crippen LogP contribution in [0, 0.1) is 0 Å². The molecule has 134 valence electrons. The summed E-state index contributed by atoms with van der Waals surface area (Å²) in [5, 5.41) is 0. The topological polar surface area (TPSA) is 38.7 Å². The number of rotatable bonds is 8. The number of nitrogens with zero attached hydrogens (tertiary/aromatic N) is 3. The molecule has 0 saturated carbocycles. The van der Waals surface area contributed by atoms with E-state index in [-0.39, 0.29) is 0 Å². The predicted molar refractivity (Wildman–Crippen MR) is 106 cm³/mol. The lowest BCUT2D eigenvalue weighted by Crippen LogP contribution is -2.12. The average Bonchev–Trinajstić information content (AvgIpc) is 2.73. The Labute approximate surface area is 156 Å². The molecule has 3 atom stereocenters. The molecule has 26 heavy (non-hydrogen) atoms. The van der Waals surface area contributed by atoms with Gasteiger partial charge in [0.05, 0.1) is 0 Å². The Morgan fingerprint density at radius 3 is 1.62 bits per heavy atom. The van der Waals surface area contributed by atoms with Crippen molar-refractivity contribution < 1.29 is 0 Å². The maximum absolute atomic E-state index is 4.67. The molecule has 3 unspecified atom stereocenters. The molecule has 0 bridgehead atoms. The summed E-state index contributed by atoms with van der Waals surface area (Å²) in [6.45, 7) is 4.51. The minimum absolute atomic E-state index is 0.389. The maximum Gasteiger partial charge on any atom is 0.0434 e. The molecule has 3 heteroatoms. The van der Waals surface area contributed by atoms with Crippen molar-refractivity contribution in [2.45, 2.75) is 50.9 Å². The van der Waals surface area contributed by atoms with E-state index in [1.807, 2.05) is 36.8 Å². The van der Waals surface area contributed by atoms with E-state index >= 15 is 0 Å². The zero-order valence-electron chi connectivity index (χ0n) is 15.6. The first-order valence-electron chi connectivity index (χ1n) is 9.50. The summed E-state index contributed by atoms with van der Waals surface area (Å²) >= 11 is 0. The average molecular weight is 345 g/mol. The van der Waals surface area contributed by atoms with Crippen molar-refractivity contribution in [1.82, 2.24) is 15.0 Å². The summed E-state index contributed by atoms with van der Waals surface area (Å²) in [5.74, 6) is 1.23. The van der Waals surface area contributed by atoms with Gasteiger partial charge in [-0.1, -0.05) is 32.0 Å².